The Labute approximate surface area is 521 Å². The third-order valence-electron chi connectivity index (χ3n) is 17.1. The van der Waals surface area contributed by atoms with Crippen LogP contribution in [0.25, 0.3) is 0 Å². The fraction of sp³-hybridized carbons (Fsp3) is 0.677. The lowest BCUT2D eigenvalue weighted by Gasteiger charge is -2.38. The Morgan fingerprint density at radius 2 is 1.10 bits per heavy atom. The van der Waals surface area contributed by atoms with E-state index in [0.29, 0.717) is 24.8 Å². The van der Waals surface area contributed by atoms with Crippen molar-refractivity contribution in [1.29, 1.82) is 0 Å². The zero-order valence-electron chi connectivity index (χ0n) is 52.9. The molecule has 88 heavy (non-hydrogen) atoms. The smallest absolute Gasteiger partial charge is 0.243 e. The van der Waals surface area contributed by atoms with Gasteiger partial charge in [-0.15, -0.1) is 0 Å². The molecule has 9 amide bonds. The lowest BCUT2D eigenvalue weighted by atomic mass is 9.73. The molecule has 2 aromatic carbocycles. The average Bonchev–Trinajstić information content (AvgIpc) is 1.65. The predicted molar refractivity (Wildman–Crippen MR) is 340 cm³/mol. The number of fused-ring (bicyclic) bond motifs is 1. The third-order valence-corrected chi connectivity index (χ3v) is 17.1. The van der Waals surface area contributed by atoms with E-state index in [4.69, 9.17) is 17.2 Å². The molecule has 2 heterocycles. The normalized spacial score (nSPS) is 24.5. The first kappa shape index (κ1) is 72.1. The van der Waals surface area contributed by atoms with Crippen molar-refractivity contribution in [3.63, 3.8) is 0 Å². The van der Waals surface area contributed by atoms with Gasteiger partial charge in [-0.3, -0.25) is 43.2 Å². The third kappa shape index (κ3) is 23.0. The monoisotopic (exact) mass is 1230 g/mol. The van der Waals surface area contributed by atoms with Gasteiger partial charge in [0.15, 0.2) is 0 Å². The van der Waals surface area contributed by atoms with Crippen LogP contribution < -0.4 is 70.4 Å². The number of carbonyl (C=O) groups excluding carboxylic acids is 9. The zero-order chi connectivity index (χ0) is 64.2. The zero-order valence-corrected chi connectivity index (χ0v) is 52.9. The second kappa shape index (κ2) is 37.3. The number of carbonyl (C=O) groups is 9. The van der Waals surface area contributed by atoms with Gasteiger partial charge in [0.1, 0.15) is 48.3 Å². The second-order valence-corrected chi connectivity index (χ2v) is 25.3. The topological polar surface area (TPSA) is 372 Å². The van der Waals surface area contributed by atoms with E-state index in [1.807, 2.05) is 58.9 Å². The second-order valence-electron chi connectivity index (χ2n) is 25.3. The van der Waals surface area contributed by atoms with Gasteiger partial charge in [-0.25, -0.2) is 0 Å². The van der Waals surface area contributed by atoms with Crippen LogP contribution in [0, 0.1) is 11.8 Å². The number of nitrogens with two attached hydrogens (primary N) is 3. The molecule has 23 heteroatoms. The number of nitrogens with one attached hydrogen (secondary N) is 10. The number of anilines is 1. The first-order chi connectivity index (χ1) is 42.2. The summed E-state index contributed by atoms with van der Waals surface area (Å²) in [5, 5.41) is 40.3. The van der Waals surface area contributed by atoms with Crippen molar-refractivity contribution in [1.82, 2.24) is 47.9 Å². The highest BCUT2D eigenvalue weighted by atomic mass is 16.3. The number of para-hydroxylation sites is 1. The van der Waals surface area contributed by atoms with E-state index in [1.54, 1.807) is 30.3 Å². The van der Waals surface area contributed by atoms with Crippen molar-refractivity contribution in [3.05, 3.63) is 65.7 Å². The van der Waals surface area contributed by atoms with E-state index in [0.717, 1.165) is 75.5 Å². The maximum Gasteiger partial charge on any atom is 0.243 e. The Kier molecular flexibility index (Phi) is 30.6. The molecule has 10 atom stereocenters. The molecule has 23 nitrogen and oxygen atoms in total. The van der Waals surface area contributed by atoms with Crippen LogP contribution in [0.1, 0.15) is 187 Å². The van der Waals surface area contributed by atoms with E-state index in [2.05, 4.69) is 53.2 Å². The Hall–Kier alpha value is -6.69. The van der Waals surface area contributed by atoms with Crippen LogP contribution in [0.3, 0.4) is 0 Å². The van der Waals surface area contributed by atoms with Crippen molar-refractivity contribution in [2.75, 3.05) is 31.5 Å². The maximum absolute atomic E-state index is 15.3. The van der Waals surface area contributed by atoms with Gasteiger partial charge in [-0.2, -0.15) is 0 Å². The molecular weight excluding hydrogens is 1120 g/mol. The van der Waals surface area contributed by atoms with Crippen molar-refractivity contribution < 1.29 is 48.3 Å². The Balaban J connectivity index is 1.58. The molecule has 1 unspecified atom stereocenters. The maximum atomic E-state index is 15.3. The van der Waals surface area contributed by atoms with Crippen LogP contribution in [0.5, 0.6) is 0 Å². The van der Waals surface area contributed by atoms with E-state index in [1.165, 1.54) is 0 Å². The molecule has 0 aromatic heterocycles. The summed E-state index contributed by atoms with van der Waals surface area (Å²) in [7, 11) is 0. The molecule has 2 aromatic rings. The van der Waals surface area contributed by atoms with Crippen molar-refractivity contribution in [3.8, 4) is 0 Å². The molecule has 2 aliphatic heterocycles. The number of hydrogen-bond acceptors (Lipinski definition) is 14. The summed E-state index contributed by atoms with van der Waals surface area (Å²) in [5.74, 6) is -6.84. The quantitative estimate of drug-likeness (QED) is 0.0673. The standard InChI is InChI=1S/C65H105N13O10/c1-6-7-13-22-44(79)39-56(80)70-55(40-46-45-23-16-17-24-47(45)78-65(46)31-18-10-8-9-11-19-32-65)64(88)75-52-30-36-69-57(81)53(37-42(4)5)76-61(85)51(29-35-68)72-60(84)50(28-34-67)74-63(87)54(38-43-20-14-12-15-21-43)77-58(82)48(26-25-41(2)3)71-59(83)49(27-33-66)73-62(52)86/h12,14-17,20-21,23-24,41-42,44,46,48-55,78-79H,6-11,13,18-19,22,25-40,66-68H2,1-5H3,(H,69,81)(H,70,80)(H,71,83)(H,72,84)(H,73,86)(H,74,87)(H,75,88)(H,76,85)(H,77,82)/t44-,46?,48-,49+,50+,51+,52+,53+,54+,55-/m1/s1. The van der Waals surface area contributed by atoms with Crippen LogP contribution in [0.2, 0.25) is 0 Å². The van der Waals surface area contributed by atoms with E-state index in [9.17, 15) is 38.7 Å². The molecule has 3 aliphatic rings. The summed E-state index contributed by atoms with van der Waals surface area (Å²) < 4.78 is 0. The molecule has 1 spiro atoms. The highest BCUT2D eigenvalue weighted by Gasteiger charge is 2.47. The average molecular weight is 1230 g/mol. The summed E-state index contributed by atoms with van der Waals surface area (Å²) >= 11 is 0. The molecule has 1 saturated carbocycles. The van der Waals surface area contributed by atoms with Gasteiger partial charge in [-0.1, -0.05) is 141 Å². The molecular formula is C65H105N13O10. The lowest BCUT2D eigenvalue weighted by Crippen LogP contribution is -2.61. The van der Waals surface area contributed by atoms with Crippen molar-refractivity contribution >= 4 is 58.9 Å². The molecule has 5 rings (SSSR count). The summed E-state index contributed by atoms with van der Waals surface area (Å²) in [4.78, 5) is 131. The first-order valence-electron chi connectivity index (χ1n) is 32.6. The fourth-order valence-electron chi connectivity index (χ4n) is 12.2. The largest absolute Gasteiger partial charge is 0.393 e. The number of unbranched alkanes of at least 4 members (excludes halogenated alkanes) is 2. The Morgan fingerprint density at radius 3 is 1.66 bits per heavy atom. The van der Waals surface area contributed by atoms with E-state index < -0.39 is 113 Å². The number of rotatable bonds is 24. The van der Waals surface area contributed by atoms with E-state index >= 15 is 9.59 Å². The van der Waals surface area contributed by atoms with Gasteiger partial charge in [-0.05, 0) is 119 Å². The van der Waals surface area contributed by atoms with Gasteiger partial charge in [0.05, 0.1) is 12.5 Å². The predicted octanol–water partition coefficient (Wildman–Crippen LogP) is 2.96. The highest BCUT2D eigenvalue weighted by Crippen LogP contribution is 2.50. The molecule has 1 aliphatic carbocycles. The van der Waals surface area contributed by atoms with Gasteiger partial charge in [0, 0.05) is 30.1 Å². The minimum atomic E-state index is -1.48. The molecule has 1 saturated heterocycles. The molecule has 0 bridgehead atoms. The number of benzene rings is 2. The Morgan fingerprint density at radius 1 is 0.591 bits per heavy atom. The minimum absolute atomic E-state index is 0.0338. The van der Waals surface area contributed by atoms with Crippen LogP contribution in [-0.2, 0) is 49.6 Å². The van der Waals surface area contributed by atoms with Crippen molar-refractivity contribution in [2.24, 2.45) is 29.0 Å². The first-order valence-corrected chi connectivity index (χ1v) is 32.6. The minimum Gasteiger partial charge on any atom is -0.393 e. The molecule has 17 N–H and O–H groups in total. The lowest BCUT2D eigenvalue weighted by molar-refractivity contribution is -0.136. The van der Waals surface area contributed by atoms with E-state index in [-0.39, 0.29) is 102 Å². The van der Waals surface area contributed by atoms with Gasteiger partial charge in [0.25, 0.3) is 0 Å². The summed E-state index contributed by atoms with van der Waals surface area (Å²) in [6, 6.07) is 6.48. The Bertz CT molecular complexity index is 2560. The number of aliphatic hydroxyl groups is 1. The van der Waals surface area contributed by atoms with Gasteiger partial charge in [0.2, 0.25) is 53.2 Å². The highest BCUT2D eigenvalue weighted by molar-refractivity contribution is 5.98. The molecule has 0 radical (unpaired) electrons. The van der Waals surface area contributed by atoms with Crippen LogP contribution in [0.4, 0.5) is 5.69 Å². The van der Waals surface area contributed by atoms with Gasteiger partial charge >= 0.3 is 0 Å². The van der Waals surface area contributed by atoms with Crippen LogP contribution in [-0.4, -0.2) is 144 Å². The summed E-state index contributed by atoms with van der Waals surface area (Å²) in [6.45, 7) is 9.20. The number of amides is 9. The molecule has 490 valence electrons. The number of hydrogen-bond donors (Lipinski definition) is 14. The summed E-state index contributed by atoms with van der Waals surface area (Å²) in [6.07, 6.45) is 9.87. The summed E-state index contributed by atoms with van der Waals surface area (Å²) in [5.41, 5.74) is 20.2. The van der Waals surface area contributed by atoms with Gasteiger partial charge < -0.3 is 75.5 Å². The fourth-order valence-corrected chi connectivity index (χ4v) is 12.2. The number of aliphatic hydroxyl groups excluding tert-OH is 1. The van der Waals surface area contributed by atoms with Crippen LogP contribution in [0.15, 0.2) is 54.6 Å². The van der Waals surface area contributed by atoms with Crippen molar-refractivity contribution in [2.45, 2.75) is 242 Å². The SMILES string of the molecule is CCCCC[C@@H](O)CC(=O)N[C@H](CC1c2ccccc2NC12CCCCCCCC2)C(=O)N[C@H]1CCNC(=O)[C@H](CC(C)C)NC(=O)[C@H](CCN)NC(=O)[C@H](CCN)NC(=O)[C@H](Cc2ccccc2)NC(=O)[C@@H](CCC(C)C)NC(=O)[C@H](CCN)NC1=O. The molecule has 2 fully saturated rings. The van der Waals surface area contributed by atoms with Crippen LogP contribution >= 0.6 is 0 Å².